The molecule has 2 unspecified atom stereocenters. The molecule has 14 heteroatoms. The molecule has 2 aliphatic rings. The van der Waals surface area contributed by atoms with Crippen LogP contribution in [0.3, 0.4) is 0 Å². The number of alkyl carbamates (subject to hydrolysis) is 1. The van der Waals surface area contributed by atoms with E-state index in [4.69, 9.17) is 14.7 Å². The van der Waals surface area contributed by atoms with Gasteiger partial charge in [-0.25, -0.2) is 19.6 Å². The zero-order chi connectivity index (χ0) is 37.3. The van der Waals surface area contributed by atoms with Gasteiger partial charge in [0.05, 0.1) is 41.3 Å². The van der Waals surface area contributed by atoms with E-state index >= 15 is 0 Å². The van der Waals surface area contributed by atoms with E-state index in [9.17, 15) is 24.3 Å². The highest BCUT2D eigenvalue weighted by Gasteiger charge is 2.40. The minimum absolute atomic E-state index is 0.119. The lowest BCUT2D eigenvalue weighted by atomic mass is 10.0. The van der Waals surface area contributed by atoms with E-state index in [1.165, 1.54) is 14.2 Å². The zero-order valence-electron chi connectivity index (χ0n) is 30.4. The molecule has 2 aliphatic heterocycles. The maximum atomic E-state index is 13.6. The molecular weight excluding hydrogens is 664 g/mol. The molecule has 2 aromatic heterocycles. The fraction of sp³-hybridized carbons (Fsp3) is 0.474. The number of nitrogens with zero attached hydrogens (tertiary/aromatic N) is 5. The zero-order valence-corrected chi connectivity index (χ0v) is 30.4. The van der Waals surface area contributed by atoms with Crippen LogP contribution in [-0.4, -0.2) is 103 Å². The molecule has 4 amide bonds. The fourth-order valence-corrected chi connectivity index (χ4v) is 7.37. The molecule has 0 bridgehead atoms. The number of likely N-dealkylation sites (tertiary alicyclic amines) is 2. The number of fused-ring (bicyclic) bond motifs is 2. The maximum Gasteiger partial charge on any atom is 0.407 e. The standard InChI is InChI=1S/C38H46N8O6/c1-21(2)31(43-37(49)52-6)35(47)45-17-7-9-29(45)33-39-25-15-13-23(19-27(25)41-33)11-12-24-14-16-26-28(20-24)42-34(40-26)30-10-8-18-46(30)36(48)32(22(3)4)44(5)38(50)51/h13-16,19-22,29-32H,7-10,17-18H2,1-6H3,(H,39,41)(H,40,42)(H,43,49)(H,50,51)/t29?,30-,31-,32?/m0/s1. The first kappa shape index (κ1) is 36.2. The molecule has 4 aromatic rings. The van der Waals surface area contributed by atoms with Crippen LogP contribution < -0.4 is 5.32 Å². The second-order valence-corrected chi connectivity index (χ2v) is 14.3. The summed E-state index contributed by atoms with van der Waals surface area (Å²) in [5.41, 5.74) is 4.72. The summed E-state index contributed by atoms with van der Waals surface area (Å²) in [7, 11) is 2.72. The predicted molar refractivity (Wildman–Crippen MR) is 194 cm³/mol. The number of carboxylic acid groups (broad SMARTS) is 1. The number of methoxy groups -OCH3 is 1. The Balaban J connectivity index is 1.18. The number of carbonyl (C=O) groups excluding carboxylic acids is 3. The number of aromatic amines is 2. The number of hydrogen-bond donors (Lipinski definition) is 4. The van der Waals surface area contributed by atoms with Gasteiger partial charge in [0.2, 0.25) is 11.8 Å². The largest absolute Gasteiger partial charge is 0.465 e. The number of ether oxygens (including phenoxy) is 1. The molecule has 2 aromatic carbocycles. The van der Waals surface area contributed by atoms with Crippen molar-refractivity contribution in [2.24, 2.45) is 11.8 Å². The topological polar surface area (TPSA) is 177 Å². The summed E-state index contributed by atoms with van der Waals surface area (Å²) >= 11 is 0. The lowest BCUT2D eigenvalue weighted by Gasteiger charge is -2.33. The van der Waals surface area contributed by atoms with E-state index in [-0.39, 0.29) is 35.7 Å². The predicted octanol–water partition coefficient (Wildman–Crippen LogP) is 5.18. The van der Waals surface area contributed by atoms with Crippen molar-refractivity contribution in [2.45, 2.75) is 77.5 Å². The van der Waals surface area contributed by atoms with Gasteiger partial charge in [0.25, 0.3) is 0 Å². The van der Waals surface area contributed by atoms with Crippen molar-refractivity contribution in [3.63, 3.8) is 0 Å². The van der Waals surface area contributed by atoms with Gasteiger partial charge in [-0.3, -0.25) is 14.5 Å². The van der Waals surface area contributed by atoms with E-state index in [0.29, 0.717) is 24.7 Å². The number of hydrogen-bond acceptors (Lipinski definition) is 7. The number of imidazole rings is 2. The summed E-state index contributed by atoms with van der Waals surface area (Å²) in [4.78, 5) is 71.9. The number of carbonyl (C=O) groups is 4. The Morgan fingerprint density at radius 3 is 1.79 bits per heavy atom. The smallest absolute Gasteiger partial charge is 0.407 e. The summed E-state index contributed by atoms with van der Waals surface area (Å²) in [6.45, 7) is 8.60. The third-order valence-corrected chi connectivity index (χ3v) is 10.0. The Kier molecular flexibility index (Phi) is 10.4. The summed E-state index contributed by atoms with van der Waals surface area (Å²) in [6.07, 6.45) is 1.35. The van der Waals surface area contributed by atoms with E-state index in [0.717, 1.165) is 63.8 Å². The molecule has 274 valence electrons. The number of rotatable bonds is 8. The molecular formula is C38H46N8O6. The second-order valence-electron chi connectivity index (χ2n) is 14.3. The molecule has 52 heavy (non-hydrogen) atoms. The highest BCUT2D eigenvalue weighted by molar-refractivity contribution is 5.87. The Morgan fingerprint density at radius 1 is 0.846 bits per heavy atom. The highest BCUT2D eigenvalue weighted by Crippen LogP contribution is 2.34. The molecule has 2 fully saturated rings. The number of H-pyrrole nitrogens is 2. The van der Waals surface area contributed by atoms with Gasteiger partial charge in [0.15, 0.2) is 0 Å². The maximum absolute atomic E-state index is 13.6. The van der Waals surface area contributed by atoms with Gasteiger partial charge in [0.1, 0.15) is 23.7 Å². The first-order valence-corrected chi connectivity index (χ1v) is 17.8. The van der Waals surface area contributed by atoms with Crippen LogP contribution in [0.4, 0.5) is 9.59 Å². The van der Waals surface area contributed by atoms with Gasteiger partial charge in [-0.1, -0.05) is 39.5 Å². The van der Waals surface area contributed by atoms with Crippen LogP contribution in [-0.2, 0) is 14.3 Å². The van der Waals surface area contributed by atoms with Crippen molar-refractivity contribution >= 4 is 46.1 Å². The summed E-state index contributed by atoms with van der Waals surface area (Å²) < 4.78 is 4.75. The number of amides is 4. The van der Waals surface area contributed by atoms with Gasteiger partial charge in [-0.05, 0) is 73.9 Å². The lowest BCUT2D eigenvalue weighted by Crippen LogP contribution is -2.51. The van der Waals surface area contributed by atoms with Crippen molar-refractivity contribution < 1.29 is 29.0 Å². The number of aromatic nitrogens is 4. The molecule has 2 saturated heterocycles. The summed E-state index contributed by atoms with van der Waals surface area (Å²) in [6, 6.07) is 9.52. The minimum Gasteiger partial charge on any atom is -0.465 e. The second kappa shape index (κ2) is 15.0. The van der Waals surface area contributed by atoms with Crippen LogP contribution in [0.5, 0.6) is 0 Å². The summed E-state index contributed by atoms with van der Waals surface area (Å²) in [5.74, 6) is 7.19. The number of benzene rings is 2. The number of nitrogens with one attached hydrogen (secondary N) is 3. The molecule has 0 radical (unpaired) electrons. The van der Waals surface area contributed by atoms with Gasteiger partial charge >= 0.3 is 12.2 Å². The third kappa shape index (κ3) is 7.26. The Bertz CT molecular complexity index is 2060. The van der Waals surface area contributed by atoms with Gasteiger partial charge in [-0.15, -0.1) is 0 Å². The normalized spacial score (nSPS) is 18.5. The monoisotopic (exact) mass is 710 g/mol. The van der Waals surface area contributed by atoms with Gasteiger partial charge in [0, 0.05) is 31.3 Å². The molecule has 14 nitrogen and oxygen atoms in total. The van der Waals surface area contributed by atoms with Crippen molar-refractivity contribution in [3.05, 3.63) is 59.2 Å². The van der Waals surface area contributed by atoms with Crippen LogP contribution in [0.15, 0.2) is 36.4 Å². The van der Waals surface area contributed by atoms with Crippen LogP contribution in [0, 0.1) is 23.7 Å². The molecule has 4 heterocycles. The van der Waals surface area contributed by atoms with Gasteiger partial charge in [-0.2, -0.15) is 0 Å². The Labute approximate surface area is 302 Å². The Hall–Kier alpha value is -5.58. The SMILES string of the molecule is COC(=O)N[C@H](C(=O)N1CCCC1c1nc2ccc(C#Cc3ccc4nc([C@@H]5CCCN5C(=O)C(C(C)C)N(C)C(=O)O)[nH]c4c3)cc2[nH]1)C(C)C. The quantitative estimate of drug-likeness (QED) is 0.181. The average Bonchev–Trinajstić information content (AvgIpc) is 3.93. The van der Waals surface area contributed by atoms with E-state index in [1.54, 1.807) is 9.80 Å². The van der Waals surface area contributed by atoms with E-state index in [1.807, 2.05) is 64.1 Å². The van der Waals surface area contributed by atoms with Crippen LogP contribution in [0.2, 0.25) is 0 Å². The van der Waals surface area contributed by atoms with Crippen molar-refractivity contribution in [1.82, 2.24) is 40.0 Å². The Morgan fingerprint density at radius 2 is 1.35 bits per heavy atom. The van der Waals surface area contributed by atoms with Crippen LogP contribution in [0.1, 0.15) is 88.2 Å². The molecule has 4 N–H and O–H groups in total. The van der Waals surface area contributed by atoms with Gasteiger partial charge < -0.3 is 34.9 Å². The van der Waals surface area contributed by atoms with Crippen molar-refractivity contribution in [3.8, 4) is 11.8 Å². The average molecular weight is 711 g/mol. The molecule has 0 aliphatic carbocycles. The van der Waals surface area contributed by atoms with E-state index < -0.39 is 24.3 Å². The van der Waals surface area contributed by atoms with E-state index in [2.05, 4.69) is 27.1 Å². The summed E-state index contributed by atoms with van der Waals surface area (Å²) in [5, 5.41) is 12.3. The van der Waals surface area contributed by atoms with Crippen LogP contribution >= 0.6 is 0 Å². The third-order valence-electron chi connectivity index (χ3n) is 10.0. The molecule has 0 saturated carbocycles. The molecule has 4 atom stereocenters. The molecule has 6 rings (SSSR count). The number of likely N-dealkylation sites (N-methyl/N-ethyl adjacent to an activating group) is 1. The van der Waals surface area contributed by atoms with Crippen molar-refractivity contribution in [1.29, 1.82) is 0 Å². The fourth-order valence-electron chi connectivity index (χ4n) is 7.37. The van der Waals surface area contributed by atoms with Crippen molar-refractivity contribution in [2.75, 3.05) is 27.2 Å². The van der Waals surface area contributed by atoms with Crippen LogP contribution in [0.25, 0.3) is 22.1 Å². The first-order valence-electron chi connectivity index (χ1n) is 17.8. The lowest BCUT2D eigenvalue weighted by molar-refractivity contribution is -0.138. The molecule has 0 spiro atoms. The first-order chi connectivity index (χ1) is 24.9. The highest BCUT2D eigenvalue weighted by atomic mass is 16.5. The minimum atomic E-state index is -1.13.